The molecule has 0 aliphatic heterocycles. The van der Waals surface area contributed by atoms with Crippen LogP contribution in [0.15, 0.2) is 51.9 Å². The van der Waals surface area contributed by atoms with Crippen LogP contribution in [-0.2, 0) is 6.54 Å². The molecule has 0 aliphatic rings. The van der Waals surface area contributed by atoms with Gasteiger partial charge in [0, 0.05) is 5.56 Å². The van der Waals surface area contributed by atoms with E-state index < -0.39 is 0 Å². The third kappa shape index (κ3) is 2.69. The normalized spacial score (nSPS) is 11.6. The average molecular weight is 352 g/mol. The number of benzene rings is 2. The van der Waals surface area contributed by atoms with E-state index >= 15 is 0 Å². The van der Waals surface area contributed by atoms with Crippen molar-refractivity contribution in [3.8, 4) is 16.3 Å². The van der Waals surface area contributed by atoms with Gasteiger partial charge in [-0.2, -0.15) is 0 Å². The Kier molecular flexibility index (Phi) is 3.78. The SMILES string of the molecule is C[NH+](C)Cc1c([O-])ccc2c(=O)c(-c3nc4ccccc4s3)coc12. The van der Waals surface area contributed by atoms with Gasteiger partial charge < -0.3 is 14.4 Å². The number of nitrogens with zero attached hydrogens (tertiary/aromatic N) is 1. The summed E-state index contributed by atoms with van der Waals surface area (Å²) in [4.78, 5) is 18.6. The molecule has 0 saturated carbocycles. The van der Waals surface area contributed by atoms with Gasteiger partial charge in [-0.1, -0.05) is 23.9 Å². The first kappa shape index (κ1) is 15.8. The minimum atomic E-state index is -0.157. The maximum absolute atomic E-state index is 13.0. The Hall–Kier alpha value is -2.70. The van der Waals surface area contributed by atoms with Crippen molar-refractivity contribution in [3.63, 3.8) is 0 Å². The predicted molar refractivity (Wildman–Crippen MR) is 97.1 cm³/mol. The van der Waals surface area contributed by atoms with Crippen LogP contribution in [-0.4, -0.2) is 19.1 Å². The molecule has 1 N–H and O–H groups in total. The number of fused-ring (bicyclic) bond motifs is 2. The molecule has 2 aromatic heterocycles. The Morgan fingerprint density at radius 1 is 1.20 bits per heavy atom. The fraction of sp³-hybridized carbons (Fsp3) is 0.158. The lowest BCUT2D eigenvalue weighted by Gasteiger charge is -2.16. The molecule has 5 nitrogen and oxygen atoms in total. The molecule has 25 heavy (non-hydrogen) atoms. The van der Waals surface area contributed by atoms with Crippen LogP contribution in [0.5, 0.6) is 5.75 Å². The summed E-state index contributed by atoms with van der Waals surface area (Å²) in [5.41, 5.74) is 2.04. The molecule has 0 atom stereocenters. The van der Waals surface area contributed by atoms with E-state index in [0.29, 0.717) is 33.6 Å². The highest BCUT2D eigenvalue weighted by Crippen LogP contribution is 2.30. The standard InChI is InChI=1S/C19H16N2O3S/c1-21(2)9-12-15(22)8-7-11-17(23)13(10-24-18(11)12)19-20-14-5-3-4-6-16(14)25-19/h3-8,10,22H,9H2,1-2H3. The second-order valence-corrected chi connectivity index (χ2v) is 7.30. The van der Waals surface area contributed by atoms with Crippen LogP contribution in [0.2, 0.25) is 0 Å². The number of hydrogen-bond donors (Lipinski definition) is 1. The molecule has 4 rings (SSSR count). The number of para-hydroxylation sites is 1. The first-order valence-corrected chi connectivity index (χ1v) is 8.75. The molecular weight excluding hydrogens is 336 g/mol. The third-order valence-electron chi connectivity index (χ3n) is 4.06. The molecule has 6 heteroatoms. The Balaban J connectivity index is 1.94. The number of quaternary nitrogens is 1. The van der Waals surface area contributed by atoms with E-state index in [1.807, 2.05) is 38.4 Å². The van der Waals surface area contributed by atoms with Crippen LogP contribution in [0.3, 0.4) is 0 Å². The molecule has 2 aromatic carbocycles. The molecule has 4 aromatic rings. The molecule has 0 aliphatic carbocycles. The van der Waals surface area contributed by atoms with E-state index in [-0.39, 0.29) is 11.2 Å². The average Bonchev–Trinajstić information content (AvgIpc) is 3.01. The van der Waals surface area contributed by atoms with Gasteiger partial charge in [0.1, 0.15) is 23.4 Å². The van der Waals surface area contributed by atoms with Crippen LogP contribution in [0.4, 0.5) is 0 Å². The number of rotatable bonds is 3. The van der Waals surface area contributed by atoms with E-state index in [4.69, 9.17) is 4.42 Å². The van der Waals surface area contributed by atoms with Crippen LogP contribution < -0.4 is 15.4 Å². The third-order valence-corrected chi connectivity index (χ3v) is 5.13. The smallest absolute Gasteiger partial charge is 0.202 e. The van der Waals surface area contributed by atoms with Crippen LogP contribution in [0.25, 0.3) is 31.8 Å². The van der Waals surface area contributed by atoms with Gasteiger partial charge in [0.25, 0.3) is 0 Å². The summed E-state index contributed by atoms with van der Waals surface area (Å²) in [5, 5.41) is 13.2. The van der Waals surface area contributed by atoms with E-state index in [1.54, 1.807) is 6.07 Å². The summed E-state index contributed by atoms with van der Waals surface area (Å²) in [6, 6.07) is 10.7. The fourth-order valence-corrected chi connectivity index (χ4v) is 3.86. The van der Waals surface area contributed by atoms with Gasteiger partial charge in [0.2, 0.25) is 5.43 Å². The molecule has 0 unspecified atom stereocenters. The molecule has 0 amide bonds. The van der Waals surface area contributed by atoms with Crippen molar-refractivity contribution in [2.24, 2.45) is 0 Å². The second-order valence-electron chi connectivity index (χ2n) is 6.27. The van der Waals surface area contributed by atoms with Gasteiger partial charge >= 0.3 is 0 Å². The summed E-state index contributed by atoms with van der Waals surface area (Å²) in [6.45, 7) is 0.500. The summed E-state index contributed by atoms with van der Waals surface area (Å²) in [6.07, 6.45) is 1.43. The van der Waals surface area contributed by atoms with Crippen molar-refractivity contribution in [2.45, 2.75) is 6.54 Å². The Labute approximate surface area is 147 Å². The van der Waals surface area contributed by atoms with Crippen molar-refractivity contribution in [2.75, 3.05) is 14.1 Å². The lowest BCUT2D eigenvalue weighted by Crippen LogP contribution is -3.04. The highest BCUT2D eigenvalue weighted by molar-refractivity contribution is 7.21. The molecule has 126 valence electrons. The Morgan fingerprint density at radius 2 is 2.00 bits per heavy atom. The van der Waals surface area contributed by atoms with Crippen molar-refractivity contribution in [1.82, 2.24) is 4.98 Å². The summed E-state index contributed by atoms with van der Waals surface area (Å²) < 4.78 is 6.76. The summed E-state index contributed by atoms with van der Waals surface area (Å²) in [7, 11) is 3.90. The molecule has 0 saturated heterocycles. The molecule has 0 fully saturated rings. The zero-order valence-electron chi connectivity index (χ0n) is 13.8. The van der Waals surface area contributed by atoms with E-state index in [1.165, 1.54) is 23.7 Å². The Bertz CT molecular complexity index is 1110. The van der Waals surface area contributed by atoms with Gasteiger partial charge in [0.15, 0.2) is 0 Å². The minimum absolute atomic E-state index is 0.107. The van der Waals surface area contributed by atoms with Gasteiger partial charge in [0.05, 0.1) is 35.3 Å². The van der Waals surface area contributed by atoms with Gasteiger partial charge in [-0.25, -0.2) is 4.98 Å². The molecular formula is C19H16N2O3S. The molecule has 2 heterocycles. The number of nitrogens with one attached hydrogen (secondary N) is 1. The minimum Gasteiger partial charge on any atom is -0.872 e. The summed E-state index contributed by atoms with van der Waals surface area (Å²) in [5.74, 6) is -0.107. The topological polar surface area (TPSA) is 70.6 Å². The van der Waals surface area contributed by atoms with Crippen molar-refractivity contribution in [3.05, 3.63) is 58.4 Å². The quantitative estimate of drug-likeness (QED) is 0.610. The fourth-order valence-electron chi connectivity index (χ4n) is 2.90. The molecule has 0 spiro atoms. The monoisotopic (exact) mass is 352 g/mol. The number of thiazole rings is 1. The van der Waals surface area contributed by atoms with E-state index in [2.05, 4.69) is 4.98 Å². The zero-order chi connectivity index (χ0) is 17.6. The Morgan fingerprint density at radius 3 is 2.76 bits per heavy atom. The van der Waals surface area contributed by atoms with E-state index in [0.717, 1.165) is 15.1 Å². The highest BCUT2D eigenvalue weighted by Gasteiger charge is 2.16. The summed E-state index contributed by atoms with van der Waals surface area (Å²) >= 11 is 1.45. The van der Waals surface area contributed by atoms with Gasteiger partial charge in [-0.15, -0.1) is 11.3 Å². The van der Waals surface area contributed by atoms with Gasteiger partial charge in [-0.05, 0) is 18.2 Å². The lowest BCUT2D eigenvalue weighted by atomic mass is 10.1. The van der Waals surface area contributed by atoms with Crippen LogP contribution in [0.1, 0.15) is 5.56 Å². The largest absolute Gasteiger partial charge is 0.872 e. The van der Waals surface area contributed by atoms with Crippen molar-refractivity contribution < 1.29 is 14.4 Å². The maximum Gasteiger partial charge on any atom is 0.202 e. The van der Waals surface area contributed by atoms with Crippen molar-refractivity contribution >= 4 is 32.5 Å². The van der Waals surface area contributed by atoms with Crippen LogP contribution >= 0.6 is 11.3 Å². The van der Waals surface area contributed by atoms with Crippen molar-refractivity contribution in [1.29, 1.82) is 0 Å². The first-order chi connectivity index (χ1) is 12.0. The second kappa shape index (κ2) is 5.98. The maximum atomic E-state index is 13.0. The zero-order valence-corrected chi connectivity index (χ0v) is 14.6. The number of aromatic nitrogens is 1. The van der Waals surface area contributed by atoms with Gasteiger partial charge in [-0.3, -0.25) is 4.79 Å². The van der Waals surface area contributed by atoms with E-state index in [9.17, 15) is 9.90 Å². The molecule has 0 radical (unpaired) electrons. The lowest BCUT2D eigenvalue weighted by molar-refractivity contribution is -0.872. The first-order valence-electron chi connectivity index (χ1n) is 7.94. The molecule has 0 bridgehead atoms. The van der Waals surface area contributed by atoms with Crippen LogP contribution in [0, 0.1) is 0 Å². The number of hydrogen-bond acceptors (Lipinski definition) is 5. The highest BCUT2D eigenvalue weighted by atomic mass is 32.1. The predicted octanol–water partition coefficient (Wildman–Crippen LogP) is 1.79.